The van der Waals surface area contributed by atoms with Gasteiger partial charge in [0.25, 0.3) is 0 Å². The molecule has 5 heteroatoms. The van der Waals surface area contributed by atoms with E-state index in [2.05, 4.69) is 15.5 Å². The highest BCUT2D eigenvalue weighted by atomic mass is 16.5. The van der Waals surface area contributed by atoms with Crippen molar-refractivity contribution in [1.82, 2.24) is 10.2 Å². The first kappa shape index (κ1) is 15.2. The molecule has 0 saturated heterocycles. The van der Waals surface area contributed by atoms with Gasteiger partial charge in [-0.25, -0.2) is 0 Å². The number of hydrogen-bond acceptors (Lipinski definition) is 4. The van der Waals surface area contributed by atoms with Crippen molar-refractivity contribution in [2.75, 3.05) is 18.5 Å². The molecule has 114 valence electrons. The normalized spacial score (nSPS) is 10.5. The summed E-state index contributed by atoms with van der Waals surface area (Å²) in [5.41, 5.74) is 4.32. The lowest BCUT2D eigenvalue weighted by atomic mass is 10.2. The minimum atomic E-state index is 0.615. The Kier molecular flexibility index (Phi) is 5.09. The van der Waals surface area contributed by atoms with Gasteiger partial charge < -0.3 is 14.8 Å². The van der Waals surface area contributed by atoms with Crippen LogP contribution in [0.3, 0.4) is 0 Å². The molecule has 0 spiro atoms. The molecule has 21 heavy (non-hydrogen) atoms. The van der Waals surface area contributed by atoms with Gasteiger partial charge in [-0.3, -0.25) is 5.10 Å². The van der Waals surface area contributed by atoms with Crippen LogP contribution in [0.5, 0.6) is 11.5 Å². The molecule has 0 amide bonds. The molecule has 0 aliphatic rings. The van der Waals surface area contributed by atoms with Crippen LogP contribution >= 0.6 is 0 Å². The van der Waals surface area contributed by atoms with Gasteiger partial charge in [-0.1, -0.05) is 0 Å². The number of benzene rings is 1. The van der Waals surface area contributed by atoms with Crippen LogP contribution in [0.2, 0.25) is 0 Å². The number of aromatic amines is 1. The lowest BCUT2D eigenvalue weighted by molar-refractivity contribution is 0.288. The predicted molar refractivity (Wildman–Crippen MR) is 84.2 cm³/mol. The van der Waals surface area contributed by atoms with E-state index in [1.807, 2.05) is 45.9 Å². The van der Waals surface area contributed by atoms with Gasteiger partial charge in [0.15, 0.2) is 11.5 Å². The fourth-order valence-electron chi connectivity index (χ4n) is 2.19. The Morgan fingerprint density at radius 1 is 1.10 bits per heavy atom. The Morgan fingerprint density at radius 3 is 2.43 bits per heavy atom. The van der Waals surface area contributed by atoms with Crippen molar-refractivity contribution in [2.45, 2.75) is 34.2 Å². The van der Waals surface area contributed by atoms with Crippen molar-refractivity contribution < 1.29 is 9.47 Å². The minimum Gasteiger partial charge on any atom is -0.490 e. The number of hydrogen-bond donors (Lipinski definition) is 2. The van der Waals surface area contributed by atoms with E-state index in [9.17, 15) is 0 Å². The lowest BCUT2D eigenvalue weighted by Crippen LogP contribution is -2.03. The highest BCUT2D eigenvalue weighted by Gasteiger charge is 2.08. The third-order valence-electron chi connectivity index (χ3n) is 3.29. The molecule has 0 saturated carbocycles. The Labute approximate surface area is 125 Å². The molecular weight excluding hydrogens is 266 g/mol. The monoisotopic (exact) mass is 289 g/mol. The second-order valence-electron chi connectivity index (χ2n) is 4.79. The third-order valence-corrected chi connectivity index (χ3v) is 3.29. The number of nitrogens with zero attached hydrogens (tertiary/aromatic N) is 1. The van der Waals surface area contributed by atoms with Gasteiger partial charge in [0.05, 0.1) is 18.9 Å². The zero-order chi connectivity index (χ0) is 15.2. The van der Waals surface area contributed by atoms with Crippen LogP contribution in [0.1, 0.15) is 30.8 Å². The maximum Gasteiger partial charge on any atom is 0.163 e. The van der Waals surface area contributed by atoms with Crippen LogP contribution in [0.4, 0.5) is 5.69 Å². The minimum absolute atomic E-state index is 0.615. The SMILES string of the molecule is CCOc1ccc(NCc2c(C)n[nH]c2C)cc1OCC. The van der Waals surface area contributed by atoms with E-state index >= 15 is 0 Å². The average molecular weight is 289 g/mol. The molecule has 0 fully saturated rings. The van der Waals surface area contributed by atoms with E-state index in [0.717, 1.165) is 35.1 Å². The molecule has 0 atom stereocenters. The van der Waals surface area contributed by atoms with Gasteiger partial charge in [0.2, 0.25) is 0 Å². The van der Waals surface area contributed by atoms with Crippen molar-refractivity contribution in [3.63, 3.8) is 0 Å². The van der Waals surface area contributed by atoms with Crippen LogP contribution in [-0.2, 0) is 6.54 Å². The summed E-state index contributed by atoms with van der Waals surface area (Å²) in [6, 6.07) is 5.91. The van der Waals surface area contributed by atoms with Crippen LogP contribution < -0.4 is 14.8 Å². The molecule has 1 aromatic carbocycles. The molecule has 2 N–H and O–H groups in total. The molecule has 5 nitrogen and oxygen atoms in total. The highest BCUT2D eigenvalue weighted by molar-refractivity contribution is 5.55. The first-order valence-corrected chi connectivity index (χ1v) is 7.29. The van der Waals surface area contributed by atoms with Crippen LogP contribution in [0.25, 0.3) is 0 Å². The van der Waals surface area contributed by atoms with Gasteiger partial charge in [0, 0.05) is 29.6 Å². The first-order chi connectivity index (χ1) is 10.2. The van der Waals surface area contributed by atoms with E-state index in [0.29, 0.717) is 13.2 Å². The molecule has 2 rings (SSSR count). The summed E-state index contributed by atoms with van der Waals surface area (Å²) >= 11 is 0. The number of ether oxygens (including phenoxy) is 2. The van der Waals surface area contributed by atoms with Crippen LogP contribution in [0, 0.1) is 13.8 Å². The topological polar surface area (TPSA) is 59.2 Å². The Balaban J connectivity index is 2.11. The predicted octanol–water partition coefficient (Wildman–Crippen LogP) is 3.44. The van der Waals surface area contributed by atoms with Crippen molar-refractivity contribution in [3.8, 4) is 11.5 Å². The quantitative estimate of drug-likeness (QED) is 0.819. The molecule has 1 aromatic heterocycles. The van der Waals surface area contributed by atoms with E-state index in [1.54, 1.807) is 0 Å². The van der Waals surface area contributed by atoms with E-state index < -0.39 is 0 Å². The maximum absolute atomic E-state index is 5.63. The van der Waals surface area contributed by atoms with Crippen molar-refractivity contribution in [1.29, 1.82) is 0 Å². The third kappa shape index (κ3) is 3.68. The standard InChI is InChI=1S/C16H23N3O2/c1-5-20-15-8-7-13(9-16(15)21-6-2)17-10-14-11(3)18-19-12(14)4/h7-9,17H,5-6,10H2,1-4H3,(H,18,19). The van der Waals surface area contributed by atoms with Gasteiger partial charge in [-0.05, 0) is 39.8 Å². The summed E-state index contributed by atoms with van der Waals surface area (Å²) in [6.45, 7) is 9.93. The summed E-state index contributed by atoms with van der Waals surface area (Å²) in [7, 11) is 0. The zero-order valence-electron chi connectivity index (χ0n) is 13.1. The Bertz CT molecular complexity index is 574. The molecule has 2 aromatic rings. The second kappa shape index (κ2) is 7.02. The van der Waals surface area contributed by atoms with E-state index in [-0.39, 0.29) is 0 Å². The van der Waals surface area contributed by atoms with Crippen molar-refractivity contribution >= 4 is 5.69 Å². The fraction of sp³-hybridized carbons (Fsp3) is 0.438. The van der Waals surface area contributed by atoms with Crippen molar-refractivity contribution in [3.05, 3.63) is 35.2 Å². The molecule has 0 bridgehead atoms. The van der Waals surface area contributed by atoms with Crippen LogP contribution in [-0.4, -0.2) is 23.4 Å². The van der Waals surface area contributed by atoms with Crippen LogP contribution in [0.15, 0.2) is 18.2 Å². The van der Waals surface area contributed by atoms with E-state index in [4.69, 9.17) is 9.47 Å². The zero-order valence-corrected chi connectivity index (χ0v) is 13.1. The second-order valence-corrected chi connectivity index (χ2v) is 4.79. The first-order valence-electron chi connectivity index (χ1n) is 7.29. The summed E-state index contributed by atoms with van der Waals surface area (Å²) < 4.78 is 11.2. The Hall–Kier alpha value is -2.17. The Morgan fingerprint density at radius 2 is 1.81 bits per heavy atom. The smallest absolute Gasteiger partial charge is 0.163 e. The molecule has 0 aliphatic carbocycles. The fourth-order valence-corrected chi connectivity index (χ4v) is 2.19. The summed E-state index contributed by atoms with van der Waals surface area (Å²) in [5.74, 6) is 1.55. The average Bonchev–Trinajstić information content (AvgIpc) is 2.79. The number of aromatic nitrogens is 2. The van der Waals surface area contributed by atoms with Gasteiger partial charge >= 0.3 is 0 Å². The van der Waals surface area contributed by atoms with Gasteiger partial charge in [-0.2, -0.15) is 5.10 Å². The summed E-state index contributed by atoms with van der Waals surface area (Å²) in [4.78, 5) is 0. The largest absolute Gasteiger partial charge is 0.490 e. The highest BCUT2D eigenvalue weighted by Crippen LogP contribution is 2.30. The lowest BCUT2D eigenvalue weighted by Gasteiger charge is -2.13. The van der Waals surface area contributed by atoms with Gasteiger partial charge in [0.1, 0.15) is 0 Å². The van der Waals surface area contributed by atoms with E-state index in [1.165, 1.54) is 5.56 Å². The van der Waals surface area contributed by atoms with Gasteiger partial charge in [-0.15, -0.1) is 0 Å². The molecular formula is C16H23N3O2. The molecule has 1 heterocycles. The number of aryl methyl sites for hydroxylation is 2. The van der Waals surface area contributed by atoms with Crippen molar-refractivity contribution in [2.24, 2.45) is 0 Å². The summed E-state index contributed by atoms with van der Waals surface area (Å²) in [5, 5.41) is 10.6. The summed E-state index contributed by atoms with van der Waals surface area (Å²) in [6.07, 6.45) is 0. The number of rotatable bonds is 7. The number of anilines is 1. The molecule has 0 radical (unpaired) electrons. The maximum atomic E-state index is 5.63. The molecule has 0 unspecified atom stereocenters. The molecule has 0 aliphatic heterocycles. The number of nitrogens with one attached hydrogen (secondary N) is 2. The number of H-pyrrole nitrogens is 1.